The molecule has 1 fully saturated rings. The molecule has 0 unspecified atom stereocenters. The summed E-state index contributed by atoms with van der Waals surface area (Å²) < 4.78 is 6.75. The Morgan fingerprint density at radius 1 is 0.946 bits per heavy atom. The molecule has 0 bridgehead atoms. The predicted molar refractivity (Wildman–Crippen MR) is 140 cm³/mol. The molecule has 1 amide bonds. The molecule has 188 valence electrons. The largest absolute Gasteiger partial charge is 0.497 e. The number of methoxy groups -OCH3 is 1. The molecule has 3 aromatic carbocycles. The summed E-state index contributed by atoms with van der Waals surface area (Å²) in [5.41, 5.74) is 3.41. The van der Waals surface area contributed by atoms with Crippen LogP contribution in [-0.4, -0.2) is 63.7 Å². The van der Waals surface area contributed by atoms with Crippen molar-refractivity contribution in [2.24, 2.45) is 0 Å². The lowest BCUT2D eigenvalue weighted by Gasteiger charge is -2.34. The fourth-order valence-electron chi connectivity index (χ4n) is 4.48. The minimum Gasteiger partial charge on any atom is -0.497 e. The van der Waals surface area contributed by atoms with Crippen molar-refractivity contribution >= 4 is 11.6 Å². The molecule has 2 heterocycles. The van der Waals surface area contributed by atoms with Crippen molar-refractivity contribution in [3.8, 4) is 22.7 Å². The van der Waals surface area contributed by atoms with Crippen LogP contribution in [0.1, 0.15) is 16.1 Å². The number of rotatable bonds is 7. The van der Waals surface area contributed by atoms with E-state index >= 15 is 0 Å². The third-order valence-electron chi connectivity index (χ3n) is 6.51. The van der Waals surface area contributed by atoms with E-state index in [1.54, 1.807) is 25.3 Å². The molecule has 0 spiro atoms. The average molecular weight is 498 g/mol. The van der Waals surface area contributed by atoms with Gasteiger partial charge in [0.15, 0.2) is 0 Å². The number of benzene rings is 3. The number of piperazine rings is 1. The summed E-state index contributed by atoms with van der Waals surface area (Å²) in [5, 5.41) is 16.1. The molecule has 0 N–H and O–H groups in total. The van der Waals surface area contributed by atoms with E-state index in [9.17, 15) is 14.9 Å². The first-order valence-electron chi connectivity index (χ1n) is 12.1. The first kappa shape index (κ1) is 24.2. The molecule has 1 aromatic heterocycles. The summed E-state index contributed by atoms with van der Waals surface area (Å²) in [6.45, 7) is 3.54. The number of nitro groups is 1. The van der Waals surface area contributed by atoms with Gasteiger partial charge in [-0.25, -0.2) is 4.68 Å². The van der Waals surface area contributed by atoms with Gasteiger partial charge in [0.25, 0.3) is 11.6 Å². The number of carbonyl (C=O) groups is 1. The fraction of sp³-hybridized carbons (Fsp3) is 0.214. The van der Waals surface area contributed by atoms with E-state index in [-0.39, 0.29) is 11.6 Å². The van der Waals surface area contributed by atoms with Crippen molar-refractivity contribution in [2.45, 2.75) is 6.54 Å². The number of aromatic nitrogens is 2. The number of nitrogens with zero attached hydrogens (tertiary/aromatic N) is 5. The Bertz CT molecular complexity index is 1390. The molecule has 4 aromatic rings. The second-order valence-electron chi connectivity index (χ2n) is 8.89. The van der Waals surface area contributed by atoms with Crippen LogP contribution in [0, 0.1) is 10.1 Å². The Labute approximate surface area is 214 Å². The van der Waals surface area contributed by atoms with Gasteiger partial charge in [-0.1, -0.05) is 36.4 Å². The van der Waals surface area contributed by atoms with Gasteiger partial charge in [-0.3, -0.25) is 19.8 Å². The first-order valence-corrected chi connectivity index (χ1v) is 12.1. The van der Waals surface area contributed by atoms with Gasteiger partial charge in [-0.2, -0.15) is 5.10 Å². The van der Waals surface area contributed by atoms with Crippen LogP contribution in [0.2, 0.25) is 0 Å². The van der Waals surface area contributed by atoms with Crippen LogP contribution in [0.3, 0.4) is 0 Å². The molecule has 0 radical (unpaired) electrons. The highest BCUT2D eigenvalue weighted by Crippen LogP contribution is 2.26. The summed E-state index contributed by atoms with van der Waals surface area (Å²) in [7, 11) is 1.60. The Kier molecular flexibility index (Phi) is 6.96. The summed E-state index contributed by atoms with van der Waals surface area (Å²) >= 11 is 0. The van der Waals surface area contributed by atoms with Crippen molar-refractivity contribution in [2.75, 3.05) is 33.3 Å². The highest BCUT2D eigenvalue weighted by Gasteiger charge is 2.27. The molecule has 37 heavy (non-hydrogen) atoms. The van der Waals surface area contributed by atoms with E-state index < -0.39 is 4.92 Å². The van der Waals surface area contributed by atoms with Gasteiger partial charge < -0.3 is 9.64 Å². The van der Waals surface area contributed by atoms with E-state index in [0.717, 1.165) is 25.2 Å². The monoisotopic (exact) mass is 497 g/mol. The minimum absolute atomic E-state index is 0.0630. The maximum Gasteiger partial charge on any atom is 0.272 e. The van der Waals surface area contributed by atoms with Crippen LogP contribution >= 0.6 is 0 Å². The van der Waals surface area contributed by atoms with Crippen LogP contribution in [-0.2, 0) is 6.54 Å². The molecular weight excluding hydrogens is 470 g/mol. The zero-order valence-corrected chi connectivity index (χ0v) is 20.5. The fourth-order valence-corrected chi connectivity index (χ4v) is 4.48. The van der Waals surface area contributed by atoms with Gasteiger partial charge in [0.05, 0.1) is 23.4 Å². The summed E-state index contributed by atoms with van der Waals surface area (Å²) in [4.78, 5) is 28.8. The zero-order chi connectivity index (χ0) is 25.8. The number of hydrogen-bond donors (Lipinski definition) is 0. The third-order valence-corrected chi connectivity index (χ3v) is 6.51. The van der Waals surface area contributed by atoms with E-state index in [1.165, 1.54) is 22.4 Å². The standard InChI is InChI=1S/C28H27N5O4/c1-37-25-12-10-22(11-13-25)26-19-27(32(29-26)23-8-5-9-24(18-23)33(35)36)28(34)31-16-14-30(15-17-31)20-21-6-3-2-4-7-21/h2-13,18-19H,14-17,20H2,1H3. The molecule has 9 heteroatoms. The van der Waals surface area contributed by atoms with E-state index in [1.807, 2.05) is 47.4 Å². The topological polar surface area (TPSA) is 93.7 Å². The van der Waals surface area contributed by atoms with E-state index in [2.05, 4.69) is 22.1 Å². The highest BCUT2D eigenvalue weighted by atomic mass is 16.6. The number of nitro benzene ring substituents is 1. The molecule has 0 atom stereocenters. The predicted octanol–water partition coefficient (Wildman–Crippen LogP) is 4.41. The Hall–Kier alpha value is -4.50. The van der Waals surface area contributed by atoms with Crippen molar-refractivity contribution in [1.82, 2.24) is 19.6 Å². The van der Waals surface area contributed by atoms with Crippen molar-refractivity contribution in [3.05, 3.63) is 106 Å². The third kappa shape index (κ3) is 5.36. The summed E-state index contributed by atoms with van der Waals surface area (Å²) in [6.07, 6.45) is 0. The van der Waals surface area contributed by atoms with Crippen molar-refractivity contribution in [3.63, 3.8) is 0 Å². The lowest BCUT2D eigenvalue weighted by atomic mass is 10.1. The molecule has 0 saturated carbocycles. The van der Waals surface area contributed by atoms with Gasteiger partial charge in [-0.15, -0.1) is 0 Å². The smallest absolute Gasteiger partial charge is 0.272 e. The molecule has 9 nitrogen and oxygen atoms in total. The van der Waals surface area contributed by atoms with Crippen LogP contribution in [0.15, 0.2) is 84.9 Å². The van der Waals surface area contributed by atoms with Gasteiger partial charge in [-0.05, 0) is 42.0 Å². The zero-order valence-electron chi connectivity index (χ0n) is 20.5. The number of ether oxygens (including phenoxy) is 1. The maximum atomic E-state index is 13.7. The lowest BCUT2D eigenvalue weighted by molar-refractivity contribution is -0.384. The highest BCUT2D eigenvalue weighted by molar-refractivity contribution is 5.94. The quantitative estimate of drug-likeness (QED) is 0.277. The number of carbonyl (C=O) groups excluding carboxylic acids is 1. The van der Waals surface area contributed by atoms with E-state index in [4.69, 9.17) is 4.74 Å². The molecule has 1 aliphatic heterocycles. The lowest BCUT2D eigenvalue weighted by Crippen LogP contribution is -2.48. The van der Waals surface area contributed by atoms with Crippen LogP contribution in [0.5, 0.6) is 5.75 Å². The normalized spacial score (nSPS) is 13.9. The van der Waals surface area contributed by atoms with Crippen LogP contribution in [0.4, 0.5) is 5.69 Å². The first-order chi connectivity index (χ1) is 18.0. The van der Waals surface area contributed by atoms with Crippen LogP contribution in [0.25, 0.3) is 16.9 Å². The minimum atomic E-state index is -0.454. The molecular formula is C28H27N5O4. The van der Waals surface area contributed by atoms with Gasteiger partial charge in [0, 0.05) is 50.4 Å². The van der Waals surface area contributed by atoms with Crippen molar-refractivity contribution in [1.29, 1.82) is 0 Å². The van der Waals surface area contributed by atoms with Gasteiger partial charge >= 0.3 is 0 Å². The van der Waals surface area contributed by atoms with Crippen molar-refractivity contribution < 1.29 is 14.5 Å². The Morgan fingerprint density at radius 2 is 1.68 bits per heavy atom. The summed E-state index contributed by atoms with van der Waals surface area (Å²) in [6, 6.07) is 25.6. The molecule has 0 aliphatic carbocycles. The van der Waals surface area contributed by atoms with Gasteiger partial charge in [0.1, 0.15) is 11.4 Å². The Balaban J connectivity index is 1.42. The van der Waals surface area contributed by atoms with E-state index in [0.29, 0.717) is 35.9 Å². The maximum absolute atomic E-state index is 13.7. The summed E-state index contributed by atoms with van der Waals surface area (Å²) in [5.74, 6) is 0.560. The van der Waals surface area contributed by atoms with Crippen LogP contribution < -0.4 is 4.74 Å². The second kappa shape index (κ2) is 10.6. The second-order valence-corrected chi connectivity index (χ2v) is 8.89. The SMILES string of the molecule is COc1ccc(-c2cc(C(=O)N3CCN(Cc4ccccc4)CC3)n(-c3cccc([N+](=O)[O-])c3)n2)cc1. The Morgan fingerprint density at radius 3 is 2.35 bits per heavy atom. The number of amides is 1. The number of non-ortho nitro benzene ring substituents is 1. The number of hydrogen-bond acceptors (Lipinski definition) is 6. The molecule has 1 saturated heterocycles. The molecule has 5 rings (SSSR count). The molecule has 1 aliphatic rings. The average Bonchev–Trinajstić information content (AvgIpc) is 3.39. The van der Waals surface area contributed by atoms with Gasteiger partial charge in [0.2, 0.25) is 0 Å².